The van der Waals surface area contributed by atoms with Crippen LogP contribution in [0.25, 0.3) is 0 Å². The maximum atomic E-state index is 12.0. The highest BCUT2D eigenvalue weighted by Crippen LogP contribution is 2.18. The Morgan fingerprint density at radius 3 is 2.42 bits per heavy atom. The fourth-order valence-electron chi connectivity index (χ4n) is 2.30. The van der Waals surface area contributed by atoms with Gasteiger partial charge in [0.2, 0.25) is 11.8 Å². The van der Waals surface area contributed by atoms with Crippen LogP contribution in [0, 0.1) is 13.8 Å². The van der Waals surface area contributed by atoms with Gasteiger partial charge in [0.05, 0.1) is 0 Å². The van der Waals surface area contributed by atoms with E-state index in [1.165, 1.54) is 0 Å². The highest BCUT2D eigenvalue weighted by atomic mass is 16.3. The van der Waals surface area contributed by atoms with Crippen molar-refractivity contribution in [1.29, 1.82) is 0 Å². The Bertz CT molecular complexity index is 724. The van der Waals surface area contributed by atoms with E-state index in [1.807, 2.05) is 32.0 Å². The molecule has 2 amide bonds. The molecule has 0 aromatic heterocycles. The maximum absolute atomic E-state index is 12.0. The molecule has 0 bridgehead atoms. The van der Waals surface area contributed by atoms with Gasteiger partial charge in [-0.25, -0.2) is 0 Å². The third-order valence-corrected chi connectivity index (χ3v) is 3.87. The molecule has 0 heterocycles. The molecule has 0 saturated heterocycles. The summed E-state index contributed by atoms with van der Waals surface area (Å²) < 4.78 is 0. The average Bonchev–Trinajstić information content (AvgIpc) is 2.53. The summed E-state index contributed by atoms with van der Waals surface area (Å²) in [5, 5.41) is 14.7. The van der Waals surface area contributed by atoms with Crippen molar-refractivity contribution in [2.24, 2.45) is 0 Å². The molecule has 3 N–H and O–H groups in total. The smallest absolute Gasteiger partial charge is 0.233 e. The highest BCUT2D eigenvalue weighted by molar-refractivity contribution is 6.03. The second-order valence-corrected chi connectivity index (χ2v) is 5.74. The molecule has 5 heteroatoms. The molecule has 126 valence electrons. The number of nitrogens with one attached hydrogen (secondary N) is 2. The van der Waals surface area contributed by atoms with Gasteiger partial charge >= 0.3 is 0 Å². The summed E-state index contributed by atoms with van der Waals surface area (Å²) in [6.45, 7) is 4.35. The van der Waals surface area contributed by atoms with Crippen LogP contribution in [-0.2, 0) is 16.0 Å². The van der Waals surface area contributed by atoms with Crippen LogP contribution in [0.5, 0.6) is 5.75 Å². The van der Waals surface area contributed by atoms with Crippen molar-refractivity contribution in [2.45, 2.75) is 26.7 Å². The van der Waals surface area contributed by atoms with E-state index in [9.17, 15) is 14.7 Å². The standard InChI is InChI=1S/C19H22N2O3/c1-13-4-3-5-17(14(13)2)21-19(24)12-18(23)20-11-10-15-6-8-16(22)9-7-15/h3-9,22H,10-12H2,1-2H3,(H,20,23)(H,21,24). The van der Waals surface area contributed by atoms with Crippen LogP contribution in [-0.4, -0.2) is 23.5 Å². The number of phenolic OH excluding ortho intramolecular Hbond substituents is 1. The Morgan fingerprint density at radius 2 is 1.71 bits per heavy atom. The van der Waals surface area contributed by atoms with E-state index >= 15 is 0 Å². The molecule has 0 unspecified atom stereocenters. The van der Waals surface area contributed by atoms with Crippen LogP contribution in [0.15, 0.2) is 42.5 Å². The molecule has 0 atom stereocenters. The molecule has 0 saturated carbocycles. The molecule has 0 aliphatic heterocycles. The first-order chi connectivity index (χ1) is 11.5. The molecule has 0 spiro atoms. The summed E-state index contributed by atoms with van der Waals surface area (Å²) in [5.41, 5.74) is 3.83. The summed E-state index contributed by atoms with van der Waals surface area (Å²) in [5.74, 6) is -0.423. The number of anilines is 1. The minimum Gasteiger partial charge on any atom is -0.508 e. The van der Waals surface area contributed by atoms with Gasteiger partial charge in [0.1, 0.15) is 12.2 Å². The topological polar surface area (TPSA) is 78.4 Å². The minimum absolute atomic E-state index is 0.205. The van der Waals surface area contributed by atoms with Gasteiger partial charge in [-0.3, -0.25) is 9.59 Å². The van der Waals surface area contributed by atoms with Crippen molar-refractivity contribution in [1.82, 2.24) is 5.32 Å². The molecule has 5 nitrogen and oxygen atoms in total. The van der Waals surface area contributed by atoms with E-state index in [0.717, 1.165) is 22.4 Å². The summed E-state index contributed by atoms with van der Waals surface area (Å²) in [6, 6.07) is 12.5. The van der Waals surface area contributed by atoms with Gasteiger partial charge in [-0.05, 0) is 55.2 Å². The monoisotopic (exact) mass is 326 g/mol. The molecule has 0 aliphatic rings. The van der Waals surface area contributed by atoms with Crippen molar-refractivity contribution < 1.29 is 14.7 Å². The number of benzene rings is 2. The molecule has 24 heavy (non-hydrogen) atoms. The van der Waals surface area contributed by atoms with Gasteiger partial charge < -0.3 is 15.7 Å². The number of aromatic hydroxyl groups is 1. The van der Waals surface area contributed by atoms with E-state index in [0.29, 0.717) is 13.0 Å². The lowest BCUT2D eigenvalue weighted by Gasteiger charge is -2.10. The Hall–Kier alpha value is -2.82. The fourth-order valence-corrected chi connectivity index (χ4v) is 2.30. The Morgan fingerprint density at radius 1 is 1.00 bits per heavy atom. The first-order valence-corrected chi connectivity index (χ1v) is 7.86. The zero-order chi connectivity index (χ0) is 17.5. The molecule has 0 radical (unpaired) electrons. The summed E-state index contributed by atoms with van der Waals surface area (Å²) in [7, 11) is 0. The molecule has 2 rings (SSSR count). The SMILES string of the molecule is Cc1cccc(NC(=O)CC(=O)NCCc2ccc(O)cc2)c1C. The third kappa shape index (κ3) is 5.12. The number of carbonyl (C=O) groups is 2. The van der Waals surface area contributed by atoms with Crippen molar-refractivity contribution >= 4 is 17.5 Å². The second kappa shape index (κ2) is 8.15. The quantitative estimate of drug-likeness (QED) is 0.714. The van der Waals surface area contributed by atoms with Gasteiger partial charge in [-0.1, -0.05) is 24.3 Å². The first-order valence-electron chi connectivity index (χ1n) is 7.86. The van der Waals surface area contributed by atoms with Gasteiger partial charge in [0, 0.05) is 12.2 Å². The van der Waals surface area contributed by atoms with E-state index in [4.69, 9.17) is 0 Å². The Balaban J connectivity index is 1.76. The van der Waals surface area contributed by atoms with Crippen LogP contribution in [0.3, 0.4) is 0 Å². The molecule has 0 aliphatic carbocycles. The predicted octanol–water partition coefficient (Wildman–Crippen LogP) is 2.70. The maximum Gasteiger partial charge on any atom is 0.233 e. The molecule has 2 aromatic rings. The zero-order valence-corrected chi connectivity index (χ0v) is 13.9. The lowest BCUT2D eigenvalue weighted by molar-refractivity contribution is -0.126. The Kier molecular flexibility index (Phi) is 5.95. The van der Waals surface area contributed by atoms with Crippen LogP contribution < -0.4 is 10.6 Å². The fraction of sp³-hybridized carbons (Fsp3) is 0.263. The second-order valence-electron chi connectivity index (χ2n) is 5.74. The Labute approximate surface area is 141 Å². The van der Waals surface area contributed by atoms with E-state index in [2.05, 4.69) is 10.6 Å². The number of amides is 2. The predicted molar refractivity (Wildman–Crippen MR) is 94.0 cm³/mol. The minimum atomic E-state index is -0.328. The summed E-state index contributed by atoms with van der Waals surface area (Å²) in [4.78, 5) is 23.8. The molecule has 2 aromatic carbocycles. The number of carbonyl (C=O) groups excluding carboxylic acids is 2. The average molecular weight is 326 g/mol. The van der Waals surface area contributed by atoms with Gasteiger partial charge in [-0.15, -0.1) is 0 Å². The van der Waals surface area contributed by atoms with E-state index in [1.54, 1.807) is 24.3 Å². The van der Waals surface area contributed by atoms with Gasteiger partial charge in [0.15, 0.2) is 0 Å². The summed E-state index contributed by atoms with van der Waals surface area (Å²) in [6.07, 6.45) is 0.438. The van der Waals surface area contributed by atoms with Crippen molar-refractivity contribution in [2.75, 3.05) is 11.9 Å². The van der Waals surface area contributed by atoms with Crippen LogP contribution in [0.2, 0.25) is 0 Å². The normalized spacial score (nSPS) is 10.2. The lowest BCUT2D eigenvalue weighted by Crippen LogP contribution is -2.29. The van der Waals surface area contributed by atoms with Crippen LogP contribution in [0.4, 0.5) is 5.69 Å². The third-order valence-electron chi connectivity index (χ3n) is 3.87. The van der Waals surface area contributed by atoms with Gasteiger partial charge in [-0.2, -0.15) is 0 Å². The largest absolute Gasteiger partial charge is 0.508 e. The van der Waals surface area contributed by atoms with E-state index in [-0.39, 0.29) is 24.0 Å². The van der Waals surface area contributed by atoms with Crippen molar-refractivity contribution in [3.05, 3.63) is 59.2 Å². The summed E-state index contributed by atoms with van der Waals surface area (Å²) >= 11 is 0. The number of phenols is 1. The highest BCUT2D eigenvalue weighted by Gasteiger charge is 2.11. The zero-order valence-electron chi connectivity index (χ0n) is 13.9. The van der Waals surface area contributed by atoms with Crippen molar-refractivity contribution in [3.63, 3.8) is 0 Å². The number of aryl methyl sites for hydroxylation is 1. The number of hydrogen-bond acceptors (Lipinski definition) is 3. The van der Waals surface area contributed by atoms with E-state index < -0.39 is 0 Å². The number of rotatable bonds is 6. The molecular formula is C19H22N2O3. The molecule has 0 fully saturated rings. The van der Waals surface area contributed by atoms with Crippen LogP contribution in [0.1, 0.15) is 23.1 Å². The number of hydrogen-bond donors (Lipinski definition) is 3. The van der Waals surface area contributed by atoms with Gasteiger partial charge in [0.25, 0.3) is 0 Å². The lowest BCUT2D eigenvalue weighted by atomic mass is 10.1. The van der Waals surface area contributed by atoms with Crippen molar-refractivity contribution in [3.8, 4) is 5.75 Å². The first kappa shape index (κ1) is 17.5. The molecular weight excluding hydrogens is 304 g/mol. The van der Waals surface area contributed by atoms with Crippen LogP contribution >= 0.6 is 0 Å².